The quantitative estimate of drug-likeness (QED) is 0.821. The Morgan fingerprint density at radius 1 is 1.25 bits per heavy atom. The van der Waals surface area contributed by atoms with E-state index in [1.54, 1.807) is 0 Å². The maximum Gasteiger partial charge on any atom is 0.224 e. The van der Waals surface area contributed by atoms with Gasteiger partial charge in [-0.05, 0) is 42.9 Å². The number of aliphatic hydroxyl groups excluding tert-OH is 1. The van der Waals surface area contributed by atoms with E-state index in [2.05, 4.69) is 5.32 Å². The van der Waals surface area contributed by atoms with E-state index in [1.165, 1.54) is 38.5 Å². The second kappa shape index (κ2) is 7.44. The average Bonchev–Trinajstić information content (AvgIpc) is 2.70. The van der Waals surface area contributed by atoms with E-state index in [-0.39, 0.29) is 12.5 Å². The van der Waals surface area contributed by atoms with Gasteiger partial charge in [-0.1, -0.05) is 37.8 Å². The number of nitrogens with one attached hydrogen (secondary N) is 1. The molecule has 1 saturated carbocycles. The van der Waals surface area contributed by atoms with Gasteiger partial charge in [0, 0.05) is 12.1 Å². The minimum atomic E-state index is 0.00573. The largest absolute Gasteiger partial charge is 0.392 e. The van der Waals surface area contributed by atoms with E-state index >= 15 is 0 Å². The number of anilines is 1. The highest BCUT2D eigenvalue weighted by Gasteiger charge is 2.16. The third-order valence-electron chi connectivity index (χ3n) is 4.21. The molecule has 1 amide bonds. The smallest absolute Gasteiger partial charge is 0.224 e. The maximum absolute atomic E-state index is 12.2. The molecule has 2 rings (SSSR count). The van der Waals surface area contributed by atoms with Crippen LogP contribution in [0.5, 0.6) is 0 Å². The molecule has 0 saturated heterocycles. The lowest BCUT2D eigenvalue weighted by Gasteiger charge is -2.15. The van der Waals surface area contributed by atoms with Crippen LogP contribution in [0.25, 0.3) is 0 Å². The van der Waals surface area contributed by atoms with E-state index < -0.39 is 0 Å². The lowest BCUT2D eigenvalue weighted by atomic mass is 9.96. The molecule has 1 aromatic rings. The zero-order valence-electron chi connectivity index (χ0n) is 12.3. The minimum absolute atomic E-state index is 0.00573. The predicted octanol–water partition coefficient (Wildman–Crippen LogP) is 3.79. The van der Waals surface area contributed by atoms with Crippen molar-refractivity contribution in [3.05, 3.63) is 29.3 Å². The molecule has 0 spiro atoms. The number of aliphatic hydroxyl groups is 1. The van der Waals surface area contributed by atoms with Gasteiger partial charge in [0.1, 0.15) is 0 Å². The molecule has 0 radical (unpaired) electrons. The Morgan fingerprint density at radius 2 is 1.95 bits per heavy atom. The predicted molar refractivity (Wildman–Crippen MR) is 81.5 cm³/mol. The van der Waals surface area contributed by atoms with Gasteiger partial charge in [-0.25, -0.2) is 0 Å². The number of hydrogen-bond donors (Lipinski definition) is 2. The first-order chi connectivity index (χ1) is 9.69. The van der Waals surface area contributed by atoms with Gasteiger partial charge >= 0.3 is 0 Å². The fraction of sp³-hybridized carbons (Fsp3) is 0.588. The average molecular weight is 275 g/mol. The fourth-order valence-corrected chi connectivity index (χ4v) is 2.93. The first-order valence-electron chi connectivity index (χ1n) is 7.69. The van der Waals surface area contributed by atoms with E-state index in [1.807, 2.05) is 25.1 Å². The molecule has 1 aliphatic rings. The van der Waals surface area contributed by atoms with E-state index in [0.29, 0.717) is 12.3 Å². The minimum Gasteiger partial charge on any atom is -0.392 e. The summed E-state index contributed by atoms with van der Waals surface area (Å²) in [6.07, 6.45) is 8.15. The summed E-state index contributed by atoms with van der Waals surface area (Å²) in [4.78, 5) is 12.2. The summed E-state index contributed by atoms with van der Waals surface area (Å²) < 4.78 is 0. The number of rotatable bonds is 4. The van der Waals surface area contributed by atoms with Crippen LogP contribution in [0.4, 0.5) is 5.69 Å². The Balaban J connectivity index is 1.93. The highest BCUT2D eigenvalue weighted by atomic mass is 16.3. The first-order valence-corrected chi connectivity index (χ1v) is 7.69. The van der Waals surface area contributed by atoms with Gasteiger partial charge < -0.3 is 10.4 Å². The second-order valence-electron chi connectivity index (χ2n) is 5.92. The number of hydrogen-bond acceptors (Lipinski definition) is 2. The molecule has 1 aromatic carbocycles. The van der Waals surface area contributed by atoms with Crippen LogP contribution in [-0.4, -0.2) is 11.0 Å². The van der Waals surface area contributed by atoms with E-state index in [9.17, 15) is 4.79 Å². The Hall–Kier alpha value is -1.35. The van der Waals surface area contributed by atoms with Crippen molar-refractivity contribution in [2.24, 2.45) is 5.92 Å². The summed E-state index contributed by atoms with van der Waals surface area (Å²) in [5, 5.41) is 12.2. The van der Waals surface area contributed by atoms with Crippen molar-refractivity contribution >= 4 is 11.6 Å². The second-order valence-corrected chi connectivity index (χ2v) is 5.92. The molecule has 3 nitrogen and oxygen atoms in total. The molecule has 0 heterocycles. The van der Waals surface area contributed by atoms with Crippen molar-refractivity contribution < 1.29 is 9.90 Å². The summed E-state index contributed by atoms with van der Waals surface area (Å²) in [6.45, 7) is 1.98. The zero-order chi connectivity index (χ0) is 14.4. The van der Waals surface area contributed by atoms with Crippen molar-refractivity contribution in [1.82, 2.24) is 0 Å². The number of carbonyl (C=O) groups is 1. The number of amides is 1. The molecule has 20 heavy (non-hydrogen) atoms. The lowest BCUT2D eigenvalue weighted by Crippen LogP contribution is -2.17. The topological polar surface area (TPSA) is 49.3 Å². The van der Waals surface area contributed by atoms with Gasteiger partial charge in [0.15, 0.2) is 0 Å². The van der Waals surface area contributed by atoms with Crippen molar-refractivity contribution in [1.29, 1.82) is 0 Å². The van der Waals surface area contributed by atoms with E-state index in [4.69, 9.17) is 5.11 Å². The van der Waals surface area contributed by atoms with Gasteiger partial charge in [0.05, 0.1) is 6.61 Å². The van der Waals surface area contributed by atoms with Crippen LogP contribution < -0.4 is 5.32 Å². The zero-order valence-corrected chi connectivity index (χ0v) is 12.3. The van der Waals surface area contributed by atoms with Gasteiger partial charge in [-0.2, -0.15) is 0 Å². The third-order valence-corrected chi connectivity index (χ3v) is 4.21. The Kier molecular flexibility index (Phi) is 5.60. The molecule has 0 bridgehead atoms. The van der Waals surface area contributed by atoms with Gasteiger partial charge in [0.25, 0.3) is 0 Å². The van der Waals surface area contributed by atoms with Gasteiger partial charge in [0.2, 0.25) is 5.91 Å². The molecule has 1 fully saturated rings. The SMILES string of the molecule is Cc1ccc(CO)cc1NC(=O)CC1CCCCCC1. The molecule has 0 aliphatic heterocycles. The molecular formula is C17H25NO2. The molecule has 3 heteroatoms. The van der Waals surface area contributed by atoms with Crippen molar-refractivity contribution in [3.63, 3.8) is 0 Å². The molecular weight excluding hydrogens is 250 g/mol. The summed E-state index contributed by atoms with van der Waals surface area (Å²) in [5.41, 5.74) is 2.70. The van der Waals surface area contributed by atoms with Crippen molar-refractivity contribution in [3.8, 4) is 0 Å². The van der Waals surface area contributed by atoms with Gasteiger partial charge in [-0.15, -0.1) is 0 Å². The fourth-order valence-electron chi connectivity index (χ4n) is 2.93. The molecule has 0 unspecified atom stereocenters. The van der Waals surface area contributed by atoms with Crippen molar-refractivity contribution in [2.45, 2.75) is 58.5 Å². The molecule has 110 valence electrons. The number of aryl methyl sites for hydroxylation is 1. The number of carbonyl (C=O) groups excluding carboxylic acids is 1. The van der Waals surface area contributed by atoms with Crippen LogP contribution in [0, 0.1) is 12.8 Å². The van der Waals surface area contributed by atoms with Crippen LogP contribution in [-0.2, 0) is 11.4 Å². The maximum atomic E-state index is 12.2. The summed E-state index contributed by atoms with van der Waals surface area (Å²) in [6, 6.07) is 5.68. The highest BCUT2D eigenvalue weighted by molar-refractivity contribution is 5.91. The molecule has 2 N–H and O–H groups in total. The van der Waals surface area contributed by atoms with Crippen molar-refractivity contribution in [2.75, 3.05) is 5.32 Å². The third kappa shape index (κ3) is 4.34. The van der Waals surface area contributed by atoms with Crippen LogP contribution in [0.15, 0.2) is 18.2 Å². The number of benzene rings is 1. The standard InChI is InChI=1S/C17H25NO2/c1-13-8-9-15(12-19)10-16(13)18-17(20)11-14-6-4-2-3-5-7-14/h8-10,14,19H,2-7,11-12H2,1H3,(H,18,20). The molecule has 1 aliphatic carbocycles. The van der Waals surface area contributed by atoms with Gasteiger partial charge in [-0.3, -0.25) is 4.79 Å². The summed E-state index contributed by atoms with van der Waals surface area (Å²) >= 11 is 0. The Labute approximate surface area is 121 Å². The monoisotopic (exact) mass is 275 g/mol. The Morgan fingerprint density at radius 3 is 2.60 bits per heavy atom. The molecule has 0 aromatic heterocycles. The van der Waals surface area contributed by atoms with Crippen LogP contribution in [0.3, 0.4) is 0 Å². The summed E-state index contributed by atoms with van der Waals surface area (Å²) in [7, 11) is 0. The van der Waals surface area contributed by atoms with Crippen LogP contribution >= 0.6 is 0 Å². The van der Waals surface area contributed by atoms with E-state index in [0.717, 1.165) is 16.8 Å². The Bertz CT molecular complexity index is 448. The highest BCUT2D eigenvalue weighted by Crippen LogP contribution is 2.26. The van der Waals surface area contributed by atoms with Crippen LogP contribution in [0.2, 0.25) is 0 Å². The lowest BCUT2D eigenvalue weighted by molar-refractivity contribution is -0.117. The first kappa shape index (κ1) is 15.0. The normalized spacial score (nSPS) is 16.7. The summed E-state index contributed by atoms with van der Waals surface area (Å²) in [5.74, 6) is 0.647. The molecule has 0 atom stereocenters. The van der Waals surface area contributed by atoms with Crippen LogP contribution in [0.1, 0.15) is 56.1 Å².